The molecule has 0 unspecified atom stereocenters. The third-order valence-electron chi connectivity index (χ3n) is 2.93. The Hall–Kier alpha value is -2.20. The Morgan fingerprint density at radius 3 is 1.69 bits per heavy atom. The van der Waals surface area contributed by atoms with Crippen molar-refractivity contribution < 1.29 is 50.3 Å². The number of ether oxygens (including phenoxy) is 6. The average molecular weight is 380 g/mol. The summed E-state index contributed by atoms with van der Waals surface area (Å²) in [5.74, 6) is -2.97. The van der Waals surface area contributed by atoms with Crippen LogP contribution in [0.25, 0.3) is 0 Å². The zero-order valence-electron chi connectivity index (χ0n) is 17.2. The fraction of sp³-hybridized carbons (Fsp3) is 0.750. The molecule has 150 valence electrons. The van der Waals surface area contributed by atoms with Crippen LogP contribution in [0, 0.1) is 0 Å². The predicted octanol–water partition coefficient (Wildman–Crippen LogP) is 0.00600. The Kier molecular flexibility index (Phi) is 9.44. The highest BCUT2D eigenvalue weighted by Gasteiger charge is 2.42. The van der Waals surface area contributed by atoms with E-state index in [1.807, 2.05) is 0 Å². The number of carbonyl (C=O) groups excluding carboxylic acids is 4. The number of rotatable bonds is 11. The van der Waals surface area contributed by atoms with Gasteiger partial charge in [-0.25, -0.2) is 0 Å². The Morgan fingerprint density at radius 2 is 1.27 bits per heavy atom. The molecule has 0 aromatic heterocycles. The highest BCUT2D eigenvalue weighted by molar-refractivity contribution is 5.68. The summed E-state index contributed by atoms with van der Waals surface area (Å²) in [6, 6.07) is 0. The maximum Gasteiger partial charge on any atom is 0.303 e. The van der Waals surface area contributed by atoms with Crippen LogP contribution in [0.1, 0.15) is 30.4 Å². The third-order valence-corrected chi connectivity index (χ3v) is 2.93. The smallest absolute Gasteiger partial charge is 0.303 e. The molecule has 0 fully saturated rings. The molecule has 0 amide bonds. The molecular weight excluding hydrogens is 352 g/mol. The van der Waals surface area contributed by atoms with Gasteiger partial charge in [-0.15, -0.1) is 0 Å². The zero-order chi connectivity index (χ0) is 21.7. The first-order valence-corrected chi connectivity index (χ1v) is 7.55. The van der Waals surface area contributed by atoms with Gasteiger partial charge in [-0.3, -0.25) is 19.2 Å². The Labute approximate surface area is 154 Å². The molecule has 0 bridgehead atoms. The van der Waals surface area contributed by atoms with Gasteiger partial charge < -0.3 is 28.4 Å². The average Bonchev–Trinajstić information content (AvgIpc) is 2.57. The van der Waals surface area contributed by atoms with E-state index in [2.05, 4.69) is 0 Å². The fourth-order valence-corrected chi connectivity index (χ4v) is 2.05. The van der Waals surface area contributed by atoms with Crippen molar-refractivity contribution in [1.82, 2.24) is 0 Å². The van der Waals surface area contributed by atoms with E-state index in [1.54, 1.807) is 0 Å². The molecule has 0 saturated carbocycles. The van der Waals surface area contributed by atoms with Gasteiger partial charge in [-0.2, -0.15) is 0 Å². The highest BCUT2D eigenvalue weighted by Crippen LogP contribution is 2.19. The minimum atomic E-state index is -1.41. The normalized spacial score (nSPS) is 16.2. The number of carbonyl (C=O) groups is 4. The number of hydrogen-bond acceptors (Lipinski definition) is 10. The molecule has 0 aromatic carbocycles. The molecule has 10 heteroatoms. The molecule has 4 atom stereocenters. The summed E-state index contributed by atoms with van der Waals surface area (Å²) in [6.07, 6.45) is -5.28. The lowest BCUT2D eigenvalue weighted by molar-refractivity contribution is -0.202. The van der Waals surface area contributed by atoms with E-state index in [1.165, 1.54) is 0 Å². The monoisotopic (exact) mass is 380 g/mol. The van der Waals surface area contributed by atoms with E-state index in [0.29, 0.717) is 0 Å². The van der Waals surface area contributed by atoms with Gasteiger partial charge in [-0.05, 0) is 0 Å². The lowest BCUT2D eigenvalue weighted by Gasteiger charge is -2.35. The molecule has 0 heterocycles. The van der Waals surface area contributed by atoms with Crippen molar-refractivity contribution in [3.05, 3.63) is 0 Å². The van der Waals surface area contributed by atoms with E-state index in [0.717, 1.165) is 27.7 Å². The first-order chi connectivity index (χ1) is 13.1. The van der Waals surface area contributed by atoms with Crippen LogP contribution in [0.15, 0.2) is 0 Å². The van der Waals surface area contributed by atoms with Crippen molar-refractivity contribution in [3.8, 4) is 0 Å². The molecular formula is C16H26O10. The van der Waals surface area contributed by atoms with Gasteiger partial charge in [-0.1, -0.05) is 0 Å². The van der Waals surface area contributed by atoms with Crippen LogP contribution in [0.3, 0.4) is 0 Å². The van der Waals surface area contributed by atoms with E-state index < -0.39 is 69.1 Å². The van der Waals surface area contributed by atoms with Gasteiger partial charge in [0.1, 0.15) is 12.7 Å². The molecule has 0 aliphatic rings. The summed E-state index contributed by atoms with van der Waals surface area (Å²) in [5, 5.41) is 0. The lowest BCUT2D eigenvalue weighted by atomic mass is 10.0. The van der Waals surface area contributed by atoms with Gasteiger partial charge >= 0.3 is 23.9 Å². The molecule has 0 aliphatic heterocycles. The second kappa shape index (κ2) is 12.2. The predicted molar refractivity (Wildman–Crippen MR) is 86.0 cm³/mol. The van der Waals surface area contributed by atoms with Crippen molar-refractivity contribution in [2.24, 2.45) is 0 Å². The van der Waals surface area contributed by atoms with E-state index in [4.69, 9.17) is 31.2 Å². The van der Waals surface area contributed by atoms with Crippen molar-refractivity contribution >= 4 is 23.9 Å². The minimum Gasteiger partial charge on any atom is -0.463 e. The van der Waals surface area contributed by atoms with Crippen LogP contribution in [-0.4, -0.2) is 75.7 Å². The Morgan fingerprint density at radius 1 is 0.731 bits per heavy atom. The summed E-state index contributed by atoms with van der Waals surface area (Å²) >= 11 is 0. The summed E-state index contributed by atoms with van der Waals surface area (Å²) in [4.78, 5) is 45.8. The summed E-state index contributed by atoms with van der Waals surface area (Å²) < 4.78 is 44.8. The first kappa shape index (κ1) is 20.1. The molecule has 0 aromatic rings. The minimum absolute atomic E-state index is 0.347. The molecule has 0 rings (SSSR count). The van der Waals surface area contributed by atoms with Crippen LogP contribution < -0.4 is 0 Å². The zero-order valence-corrected chi connectivity index (χ0v) is 15.2. The van der Waals surface area contributed by atoms with Crippen molar-refractivity contribution in [1.29, 1.82) is 0 Å². The standard InChI is InChI=1S/C16H26O10/c1-9(17)23-8-13(22-6)15(25-11(3)19)16(26-12(4)20)14(7-21-5)24-10(2)18/h13-16H,7-8H2,1-6H3/t13-,14-,15-,16-/m1/s1/i5D,6D. The summed E-state index contributed by atoms with van der Waals surface area (Å²) in [5.41, 5.74) is 0. The van der Waals surface area contributed by atoms with Gasteiger partial charge in [0.15, 0.2) is 18.3 Å². The van der Waals surface area contributed by atoms with Crippen LogP contribution >= 0.6 is 0 Å². The molecule has 0 spiro atoms. The summed E-state index contributed by atoms with van der Waals surface area (Å²) in [7, 11) is -1.05. The van der Waals surface area contributed by atoms with Gasteiger partial charge in [0.05, 0.1) is 9.35 Å². The van der Waals surface area contributed by atoms with Crippen LogP contribution in [0.5, 0.6) is 0 Å². The molecule has 0 N–H and O–H groups in total. The quantitative estimate of drug-likeness (QED) is 0.357. The first-order valence-electron chi connectivity index (χ1n) is 8.96. The van der Waals surface area contributed by atoms with Crippen molar-refractivity contribution in [3.63, 3.8) is 0 Å². The Balaban J connectivity index is 5.94. The van der Waals surface area contributed by atoms with Crippen molar-refractivity contribution in [2.45, 2.75) is 52.1 Å². The van der Waals surface area contributed by atoms with Crippen LogP contribution in [-0.2, 0) is 47.6 Å². The van der Waals surface area contributed by atoms with Gasteiger partial charge in [0, 0.05) is 41.9 Å². The number of methoxy groups -OCH3 is 2. The molecule has 0 aliphatic carbocycles. The van der Waals surface area contributed by atoms with E-state index in [-0.39, 0.29) is 6.61 Å². The molecule has 0 saturated heterocycles. The van der Waals surface area contributed by atoms with Crippen LogP contribution in [0.2, 0.25) is 0 Å². The SMILES string of the molecule is [2H]COC[C@@H](OC(C)=O)[C@@H](OC(C)=O)[C@H](OC(C)=O)[C@@H](COC(C)=O)OC[2H]. The maximum atomic E-state index is 11.6. The summed E-state index contributed by atoms with van der Waals surface area (Å²) in [6.45, 7) is 3.65. The van der Waals surface area contributed by atoms with Crippen molar-refractivity contribution in [2.75, 3.05) is 27.4 Å². The Bertz CT molecular complexity index is 528. The molecule has 10 nitrogen and oxygen atoms in total. The third kappa shape index (κ3) is 9.33. The molecule has 0 radical (unpaired) electrons. The van der Waals surface area contributed by atoms with Gasteiger partial charge in [0.2, 0.25) is 0 Å². The van der Waals surface area contributed by atoms with E-state index in [9.17, 15) is 19.2 Å². The number of esters is 4. The number of hydrogen-bond donors (Lipinski definition) is 0. The second-order valence-corrected chi connectivity index (χ2v) is 5.17. The highest BCUT2D eigenvalue weighted by atomic mass is 16.6. The molecule has 26 heavy (non-hydrogen) atoms. The topological polar surface area (TPSA) is 124 Å². The maximum absolute atomic E-state index is 11.6. The lowest BCUT2D eigenvalue weighted by Crippen LogP contribution is -2.53. The largest absolute Gasteiger partial charge is 0.463 e. The second-order valence-electron chi connectivity index (χ2n) is 5.17. The van der Waals surface area contributed by atoms with Gasteiger partial charge in [0.25, 0.3) is 0 Å². The fourth-order valence-electron chi connectivity index (χ4n) is 2.05. The van der Waals surface area contributed by atoms with Crippen LogP contribution in [0.4, 0.5) is 0 Å². The van der Waals surface area contributed by atoms with E-state index >= 15 is 0 Å².